The van der Waals surface area contributed by atoms with Crippen molar-refractivity contribution in [2.24, 2.45) is 0 Å². The third kappa shape index (κ3) is 2.32. The second kappa shape index (κ2) is 5.57. The Morgan fingerprint density at radius 1 is 1.13 bits per heavy atom. The number of benzene rings is 1. The van der Waals surface area contributed by atoms with Crippen LogP contribution < -0.4 is 4.90 Å². The maximum atomic E-state index is 12.8. The lowest BCUT2D eigenvalue weighted by atomic mass is 9.78. The number of hydrogen-bond acceptors (Lipinski definition) is 3. The van der Waals surface area contributed by atoms with Crippen LogP contribution in [-0.4, -0.2) is 23.5 Å². The van der Waals surface area contributed by atoms with E-state index >= 15 is 0 Å². The zero-order valence-corrected chi connectivity index (χ0v) is 13.2. The van der Waals surface area contributed by atoms with Crippen LogP contribution in [0, 0.1) is 0 Å². The Labute approximate surface area is 134 Å². The second-order valence-electron chi connectivity index (χ2n) is 5.86. The average molecular weight is 313 g/mol. The lowest BCUT2D eigenvalue weighted by Gasteiger charge is -2.27. The molecule has 0 saturated carbocycles. The average Bonchev–Trinajstić information content (AvgIpc) is 3.18. The van der Waals surface area contributed by atoms with Gasteiger partial charge in [-0.05, 0) is 36.6 Å². The lowest BCUT2D eigenvalue weighted by molar-refractivity contribution is 0.0660. The molecule has 0 radical (unpaired) electrons. The van der Waals surface area contributed by atoms with Gasteiger partial charge in [-0.3, -0.25) is 4.79 Å². The van der Waals surface area contributed by atoms with Crippen LogP contribution in [0.15, 0.2) is 40.8 Å². The summed E-state index contributed by atoms with van der Waals surface area (Å²) in [5.41, 5.74) is 1.99. The first-order chi connectivity index (χ1) is 11.0. The van der Waals surface area contributed by atoms with Crippen LogP contribution in [0.5, 0.6) is 0 Å². The van der Waals surface area contributed by atoms with Gasteiger partial charge in [-0.1, -0.05) is 32.0 Å². The highest BCUT2D eigenvalue weighted by Gasteiger charge is 2.42. The summed E-state index contributed by atoms with van der Waals surface area (Å²) in [4.78, 5) is 25.4. The van der Waals surface area contributed by atoms with Gasteiger partial charge in [0.2, 0.25) is 5.76 Å². The predicted molar refractivity (Wildman–Crippen MR) is 86.0 cm³/mol. The number of amides is 1. The monoisotopic (exact) mass is 313 g/mol. The standard InChI is InChI=1S/C18H19NO4/c1-3-18(4-2)11-19(13-8-6-5-7-12(13)18)16(20)14-9-10-15(23-14)17(21)22/h5-10H,3-4,11H2,1-2H3,(H,21,22). The Balaban J connectivity index is 2.00. The van der Waals surface area contributed by atoms with Crippen molar-refractivity contribution in [1.82, 2.24) is 0 Å². The fourth-order valence-corrected chi connectivity index (χ4v) is 3.37. The molecule has 23 heavy (non-hydrogen) atoms. The van der Waals surface area contributed by atoms with Gasteiger partial charge in [0.15, 0.2) is 5.76 Å². The van der Waals surface area contributed by atoms with Gasteiger partial charge in [0.25, 0.3) is 5.91 Å². The number of carboxylic acid groups (broad SMARTS) is 1. The molecule has 1 amide bonds. The summed E-state index contributed by atoms with van der Waals surface area (Å²) in [6, 6.07) is 10.6. The highest BCUT2D eigenvalue weighted by atomic mass is 16.4. The van der Waals surface area contributed by atoms with Crippen molar-refractivity contribution >= 4 is 17.6 Å². The van der Waals surface area contributed by atoms with E-state index in [1.165, 1.54) is 17.7 Å². The van der Waals surface area contributed by atoms with E-state index in [1.807, 2.05) is 18.2 Å². The molecule has 1 aromatic carbocycles. The summed E-state index contributed by atoms with van der Waals surface area (Å²) < 4.78 is 5.18. The highest BCUT2D eigenvalue weighted by molar-refractivity contribution is 6.06. The molecule has 0 atom stereocenters. The zero-order chi connectivity index (χ0) is 16.6. The third-order valence-electron chi connectivity index (χ3n) is 4.85. The molecule has 120 valence electrons. The smallest absolute Gasteiger partial charge is 0.371 e. The first-order valence-corrected chi connectivity index (χ1v) is 7.77. The van der Waals surface area contributed by atoms with Crippen molar-refractivity contribution in [3.05, 3.63) is 53.5 Å². The fraction of sp³-hybridized carbons (Fsp3) is 0.333. The van der Waals surface area contributed by atoms with Crippen LogP contribution in [0.4, 0.5) is 5.69 Å². The summed E-state index contributed by atoms with van der Waals surface area (Å²) in [5.74, 6) is -1.64. The Hall–Kier alpha value is -2.56. The molecule has 1 aliphatic rings. The number of fused-ring (bicyclic) bond motifs is 1. The summed E-state index contributed by atoms with van der Waals surface area (Å²) in [6.45, 7) is 4.84. The topological polar surface area (TPSA) is 70.8 Å². The largest absolute Gasteiger partial charge is 0.475 e. The van der Waals surface area contributed by atoms with Crippen molar-refractivity contribution in [3.8, 4) is 0 Å². The van der Waals surface area contributed by atoms with Crippen LogP contribution in [0.3, 0.4) is 0 Å². The van der Waals surface area contributed by atoms with Crippen molar-refractivity contribution in [1.29, 1.82) is 0 Å². The molecule has 5 heteroatoms. The van der Waals surface area contributed by atoms with Crippen LogP contribution in [0.1, 0.15) is 53.4 Å². The summed E-state index contributed by atoms with van der Waals surface area (Å²) in [6.07, 6.45) is 1.87. The number of para-hydroxylation sites is 1. The fourth-order valence-electron chi connectivity index (χ4n) is 3.37. The molecule has 0 spiro atoms. The first-order valence-electron chi connectivity index (χ1n) is 7.77. The van der Waals surface area contributed by atoms with Crippen LogP contribution in [0.25, 0.3) is 0 Å². The first kappa shape index (κ1) is 15.3. The minimum Gasteiger partial charge on any atom is -0.475 e. The summed E-state index contributed by atoms with van der Waals surface area (Å²) in [5, 5.41) is 8.94. The maximum absolute atomic E-state index is 12.8. The van der Waals surface area contributed by atoms with Gasteiger partial charge in [-0.25, -0.2) is 4.79 Å². The van der Waals surface area contributed by atoms with Crippen molar-refractivity contribution < 1.29 is 19.1 Å². The van der Waals surface area contributed by atoms with E-state index in [4.69, 9.17) is 9.52 Å². The van der Waals surface area contributed by atoms with Gasteiger partial charge >= 0.3 is 5.97 Å². The molecule has 1 aliphatic heterocycles. The minimum atomic E-state index is -1.18. The van der Waals surface area contributed by atoms with Crippen LogP contribution in [-0.2, 0) is 5.41 Å². The van der Waals surface area contributed by atoms with Gasteiger partial charge in [-0.15, -0.1) is 0 Å². The minimum absolute atomic E-state index is 0.0557. The number of nitrogens with zero attached hydrogens (tertiary/aromatic N) is 1. The van der Waals surface area contributed by atoms with E-state index in [9.17, 15) is 9.59 Å². The summed E-state index contributed by atoms with van der Waals surface area (Å²) >= 11 is 0. The Bertz CT molecular complexity index is 758. The van der Waals surface area contributed by atoms with Gasteiger partial charge in [0.1, 0.15) is 0 Å². The molecule has 2 aromatic rings. The molecule has 0 fully saturated rings. The van der Waals surface area contributed by atoms with E-state index in [2.05, 4.69) is 19.9 Å². The van der Waals surface area contributed by atoms with Gasteiger partial charge in [-0.2, -0.15) is 0 Å². The molecule has 2 heterocycles. The Morgan fingerprint density at radius 3 is 2.39 bits per heavy atom. The van der Waals surface area contributed by atoms with Crippen molar-refractivity contribution in [2.45, 2.75) is 32.1 Å². The predicted octanol–water partition coefficient (Wildman–Crippen LogP) is 3.70. The molecular formula is C18H19NO4. The molecule has 0 aliphatic carbocycles. The maximum Gasteiger partial charge on any atom is 0.371 e. The van der Waals surface area contributed by atoms with Crippen LogP contribution >= 0.6 is 0 Å². The number of carbonyl (C=O) groups excluding carboxylic acids is 1. The third-order valence-corrected chi connectivity index (χ3v) is 4.85. The number of carbonyl (C=O) groups is 2. The molecule has 1 N–H and O–H groups in total. The molecule has 5 nitrogen and oxygen atoms in total. The number of hydrogen-bond donors (Lipinski definition) is 1. The van der Waals surface area contributed by atoms with E-state index in [0.717, 1.165) is 18.5 Å². The molecule has 1 aromatic heterocycles. The molecule has 0 unspecified atom stereocenters. The van der Waals surface area contributed by atoms with Crippen molar-refractivity contribution in [2.75, 3.05) is 11.4 Å². The molecule has 0 bridgehead atoms. The quantitative estimate of drug-likeness (QED) is 0.934. The number of aromatic carboxylic acids is 1. The number of rotatable bonds is 4. The SMILES string of the molecule is CCC1(CC)CN(C(=O)c2ccc(C(=O)O)o2)c2ccccc21. The zero-order valence-electron chi connectivity index (χ0n) is 13.2. The van der Waals surface area contributed by atoms with Gasteiger partial charge < -0.3 is 14.4 Å². The lowest BCUT2D eigenvalue weighted by Crippen LogP contribution is -2.36. The van der Waals surface area contributed by atoms with Gasteiger partial charge in [0.05, 0.1) is 0 Å². The highest BCUT2D eigenvalue weighted by Crippen LogP contribution is 2.45. The Morgan fingerprint density at radius 2 is 1.78 bits per heavy atom. The Kier molecular flexibility index (Phi) is 3.72. The molecule has 3 rings (SSSR count). The van der Waals surface area contributed by atoms with Crippen LogP contribution in [0.2, 0.25) is 0 Å². The number of carboxylic acids is 1. The normalized spacial score (nSPS) is 15.5. The van der Waals surface area contributed by atoms with Crippen molar-refractivity contribution in [3.63, 3.8) is 0 Å². The van der Waals surface area contributed by atoms with E-state index < -0.39 is 5.97 Å². The second-order valence-corrected chi connectivity index (χ2v) is 5.86. The van der Waals surface area contributed by atoms with E-state index in [-0.39, 0.29) is 22.8 Å². The van der Waals surface area contributed by atoms with Gasteiger partial charge in [0, 0.05) is 17.6 Å². The number of furan rings is 1. The van der Waals surface area contributed by atoms with E-state index in [1.54, 1.807) is 4.90 Å². The summed E-state index contributed by atoms with van der Waals surface area (Å²) in [7, 11) is 0. The molecule has 0 saturated heterocycles. The molecular weight excluding hydrogens is 294 g/mol. The number of anilines is 1. The van der Waals surface area contributed by atoms with E-state index in [0.29, 0.717) is 6.54 Å².